The molecular weight excluding hydrogens is 362 g/mol. The molecule has 138 valence electrons. The molecule has 0 radical (unpaired) electrons. The van der Waals surface area contributed by atoms with Crippen LogP contribution in [0.1, 0.15) is 11.1 Å². The van der Waals surface area contributed by atoms with Gasteiger partial charge in [-0.1, -0.05) is 49.0 Å². The monoisotopic (exact) mass is 381 g/mol. The number of carbonyl (C=O) groups is 1. The largest absolute Gasteiger partial charge is 0.397 e. The zero-order valence-electron chi connectivity index (χ0n) is 14.5. The van der Waals surface area contributed by atoms with E-state index in [4.69, 9.17) is 5.73 Å². The van der Waals surface area contributed by atoms with Crippen molar-refractivity contribution in [2.45, 2.75) is 5.75 Å². The molecular formula is C20H19N3O3S. The summed E-state index contributed by atoms with van der Waals surface area (Å²) in [6, 6.07) is 17.3. The minimum absolute atomic E-state index is 0.138. The summed E-state index contributed by atoms with van der Waals surface area (Å²) in [4.78, 5) is 12.4. The number of benzene rings is 2. The summed E-state index contributed by atoms with van der Waals surface area (Å²) in [6.07, 6.45) is 2.79. The zero-order chi connectivity index (χ0) is 19.4. The van der Waals surface area contributed by atoms with E-state index in [1.807, 2.05) is 6.07 Å². The highest BCUT2D eigenvalue weighted by Gasteiger charge is 2.17. The van der Waals surface area contributed by atoms with Crippen LogP contribution < -0.4 is 11.1 Å². The Balaban J connectivity index is 1.75. The summed E-state index contributed by atoms with van der Waals surface area (Å²) in [7, 11) is -3.59. The van der Waals surface area contributed by atoms with Gasteiger partial charge in [0.15, 0.2) is 0 Å². The topological polar surface area (TPSA) is 94.2 Å². The second-order valence-corrected chi connectivity index (χ2v) is 7.87. The van der Waals surface area contributed by atoms with Crippen LogP contribution in [-0.2, 0) is 20.6 Å². The molecule has 0 atom stereocenters. The second-order valence-electron chi connectivity index (χ2n) is 5.99. The van der Waals surface area contributed by atoms with Crippen LogP contribution in [-0.4, -0.2) is 18.3 Å². The fourth-order valence-corrected chi connectivity index (χ4v) is 3.81. The number of carbonyl (C=O) groups excluding carboxylic acids is 1. The van der Waals surface area contributed by atoms with E-state index in [0.29, 0.717) is 22.5 Å². The Labute approximate surface area is 158 Å². The summed E-state index contributed by atoms with van der Waals surface area (Å²) in [5, 5.41) is 2.67. The lowest BCUT2D eigenvalue weighted by atomic mass is 10.1. The highest BCUT2D eigenvalue weighted by Crippen LogP contribution is 2.21. The van der Waals surface area contributed by atoms with E-state index in [2.05, 4.69) is 11.9 Å². The van der Waals surface area contributed by atoms with E-state index < -0.39 is 15.9 Å². The minimum Gasteiger partial charge on any atom is -0.397 e. The maximum Gasteiger partial charge on any atom is 0.255 e. The molecule has 0 unspecified atom stereocenters. The van der Waals surface area contributed by atoms with Crippen LogP contribution in [0.25, 0.3) is 5.57 Å². The van der Waals surface area contributed by atoms with Crippen LogP contribution in [0.15, 0.2) is 79.6 Å². The second kappa shape index (κ2) is 7.51. The first kappa shape index (κ1) is 18.5. The first-order valence-corrected chi connectivity index (χ1v) is 9.78. The first-order valence-electron chi connectivity index (χ1n) is 8.17. The third-order valence-electron chi connectivity index (χ3n) is 4.01. The maximum atomic E-state index is 12.6. The predicted octanol–water partition coefficient (Wildman–Crippen LogP) is 3.10. The van der Waals surface area contributed by atoms with Crippen LogP contribution >= 0.6 is 0 Å². The van der Waals surface area contributed by atoms with Crippen molar-refractivity contribution in [2.24, 2.45) is 0 Å². The van der Waals surface area contributed by atoms with Gasteiger partial charge in [-0.15, -0.1) is 0 Å². The number of amides is 1. The maximum absolute atomic E-state index is 12.6. The molecule has 0 aliphatic rings. The van der Waals surface area contributed by atoms with Gasteiger partial charge in [0.05, 0.1) is 17.1 Å². The van der Waals surface area contributed by atoms with E-state index in [1.54, 1.807) is 54.6 Å². The zero-order valence-corrected chi connectivity index (χ0v) is 15.3. The number of aromatic nitrogens is 1. The molecule has 7 heteroatoms. The summed E-state index contributed by atoms with van der Waals surface area (Å²) in [5.74, 6) is -0.590. The van der Waals surface area contributed by atoms with E-state index in [1.165, 1.54) is 12.4 Å². The number of hydrogen-bond donors (Lipinski definition) is 2. The third-order valence-corrected chi connectivity index (χ3v) is 5.58. The summed E-state index contributed by atoms with van der Waals surface area (Å²) < 4.78 is 26.2. The van der Waals surface area contributed by atoms with Crippen molar-refractivity contribution in [3.8, 4) is 0 Å². The molecule has 0 fully saturated rings. The average molecular weight is 381 g/mol. The Kier molecular flexibility index (Phi) is 5.14. The average Bonchev–Trinajstić information content (AvgIpc) is 3.14. The molecule has 3 aromatic rings. The van der Waals surface area contributed by atoms with Crippen molar-refractivity contribution < 1.29 is 13.2 Å². The highest BCUT2D eigenvalue weighted by atomic mass is 32.2. The molecule has 1 heterocycles. The van der Waals surface area contributed by atoms with Crippen molar-refractivity contribution in [3.63, 3.8) is 0 Å². The Morgan fingerprint density at radius 2 is 1.70 bits per heavy atom. The fourth-order valence-electron chi connectivity index (χ4n) is 2.53. The fraction of sp³-hybridized carbons (Fsp3) is 0.0500. The quantitative estimate of drug-likeness (QED) is 0.507. The SMILES string of the molecule is C=C(C(=O)Nc1ccccc1N)c1ccn(S(=O)(=O)Cc2ccccc2)c1. The lowest BCUT2D eigenvalue weighted by molar-refractivity contribution is -0.111. The molecule has 0 saturated carbocycles. The normalized spacial score (nSPS) is 11.1. The van der Waals surface area contributed by atoms with E-state index in [9.17, 15) is 13.2 Å². The number of nitrogens with zero attached hydrogens (tertiary/aromatic N) is 1. The molecule has 3 rings (SSSR count). The number of hydrogen-bond acceptors (Lipinski definition) is 4. The molecule has 6 nitrogen and oxygen atoms in total. The third kappa shape index (κ3) is 4.27. The van der Waals surface area contributed by atoms with Gasteiger partial charge in [-0.3, -0.25) is 8.77 Å². The minimum atomic E-state index is -3.59. The van der Waals surface area contributed by atoms with Gasteiger partial charge < -0.3 is 11.1 Å². The number of rotatable bonds is 6. The number of nitrogens with two attached hydrogens (primary N) is 1. The molecule has 0 aliphatic heterocycles. The van der Waals surface area contributed by atoms with E-state index >= 15 is 0 Å². The standard InChI is InChI=1S/C20H19N3O3S/c1-15(20(24)22-19-10-6-5-9-18(19)21)17-11-12-23(13-17)27(25,26)14-16-7-3-2-4-8-16/h2-13H,1,14,21H2,(H,22,24). The van der Waals surface area contributed by atoms with Crippen molar-refractivity contribution >= 4 is 32.9 Å². The lowest BCUT2D eigenvalue weighted by Gasteiger charge is -2.09. The Morgan fingerprint density at radius 1 is 1.04 bits per heavy atom. The van der Waals surface area contributed by atoms with Crippen molar-refractivity contribution in [1.29, 1.82) is 0 Å². The Bertz CT molecular complexity index is 1090. The summed E-state index contributed by atoms with van der Waals surface area (Å²) >= 11 is 0. The lowest BCUT2D eigenvalue weighted by Crippen LogP contribution is -2.15. The number of nitrogen functional groups attached to an aromatic ring is 1. The predicted molar refractivity (Wildman–Crippen MR) is 107 cm³/mol. The van der Waals surface area contributed by atoms with Gasteiger partial charge in [-0.2, -0.15) is 0 Å². The van der Waals surface area contributed by atoms with Crippen molar-refractivity contribution in [2.75, 3.05) is 11.1 Å². The van der Waals surface area contributed by atoms with Crippen LogP contribution in [0.5, 0.6) is 0 Å². The molecule has 0 saturated heterocycles. The van der Waals surface area contributed by atoms with Crippen LogP contribution in [0.2, 0.25) is 0 Å². The molecule has 2 aromatic carbocycles. The number of nitrogens with one attached hydrogen (secondary N) is 1. The summed E-state index contributed by atoms with van der Waals surface area (Å²) in [5.41, 5.74) is 7.96. The van der Waals surface area contributed by atoms with Gasteiger partial charge >= 0.3 is 0 Å². The molecule has 0 spiro atoms. The number of anilines is 2. The molecule has 1 amide bonds. The van der Waals surface area contributed by atoms with Crippen molar-refractivity contribution in [3.05, 3.63) is 90.8 Å². The van der Waals surface area contributed by atoms with Gasteiger partial charge in [0.1, 0.15) is 0 Å². The smallest absolute Gasteiger partial charge is 0.255 e. The van der Waals surface area contributed by atoms with E-state index in [0.717, 1.165) is 3.97 Å². The van der Waals surface area contributed by atoms with Crippen molar-refractivity contribution in [1.82, 2.24) is 3.97 Å². The van der Waals surface area contributed by atoms with Crippen LogP contribution in [0.3, 0.4) is 0 Å². The van der Waals surface area contributed by atoms with Gasteiger partial charge in [-0.05, 0) is 23.8 Å². The van der Waals surface area contributed by atoms with Crippen LogP contribution in [0, 0.1) is 0 Å². The van der Waals surface area contributed by atoms with E-state index in [-0.39, 0.29) is 11.3 Å². The molecule has 1 aromatic heterocycles. The van der Waals surface area contributed by atoms with Gasteiger partial charge in [0.2, 0.25) is 10.0 Å². The Morgan fingerprint density at radius 3 is 2.41 bits per heavy atom. The number of para-hydroxylation sites is 2. The molecule has 0 bridgehead atoms. The van der Waals surface area contributed by atoms with Gasteiger partial charge in [0.25, 0.3) is 5.91 Å². The highest BCUT2D eigenvalue weighted by molar-refractivity contribution is 7.89. The molecule has 3 N–H and O–H groups in total. The molecule has 27 heavy (non-hydrogen) atoms. The first-order chi connectivity index (χ1) is 12.9. The van der Waals surface area contributed by atoms with Gasteiger partial charge in [-0.25, -0.2) is 8.42 Å². The van der Waals surface area contributed by atoms with Gasteiger partial charge in [0, 0.05) is 23.5 Å². The molecule has 0 aliphatic carbocycles. The van der Waals surface area contributed by atoms with Crippen LogP contribution in [0.4, 0.5) is 11.4 Å². The Hall–Kier alpha value is -3.32. The summed E-state index contributed by atoms with van der Waals surface area (Å²) in [6.45, 7) is 3.77.